The van der Waals surface area contributed by atoms with Crippen LogP contribution in [0.25, 0.3) is 0 Å². The number of nitrogens with two attached hydrogens (primary N) is 1. The second-order valence-corrected chi connectivity index (χ2v) is 6.91. The van der Waals surface area contributed by atoms with Crippen molar-refractivity contribution in [3.8, 4) is 0 Å². The standard InChI is InChI=1S/C16H28N2O3/c17-11-16(7-2-1-3-8-16)10-14(19)18-13-6-4-5-12(9-13)15(20)21/h12-13H,1-11,17H2,(H,18,19)(H,20,21). The topological polar surface area (TPSA) is 92.4 Å². The van der Waals surface area contributed by atoms with Crippen LogP contribution < -0.4 is 11.1 Å². The number of hydrogen-bond acceptors (Lipinski definition) is 3. The van der Waals surface area contributed by atoms with Gasteiger partial charge in [0.2, 0.25) is 5.91 Å². The number of rotatable bonds is 5. The zero-order valence-corrected chi connectivity index (χ0v) is 12.8. The van der Waals surface area contributed by atoms with E-state index < -0.39 is 5.97 Å². The van der Waals surface area contributed by atoms with Gasteiger partial charge in [-0.15, -0.1) is 0 Å². The largest absolute Gasteiger partial charge is 0.481 e. The van der Waals surface area contributed by atoms with E-state index in [1.165, 1.54) is 6.42 Å². The molecule has 2 aliphatic rings. The first-order valence-electron chi connectivity index (χ1n) is 8.27. The minimum absolute atomic E-state index is 0.0192. The fourth-order valence-corrected chi connectivity index (χ4v) is 3.92. The Morgan fingerprint density at radius 1 is 1.14 bits per heavy atom. The van der Waals surface area contributed by atoms with E-state index in [0.717, 1.165) is 44.9 Å². The van der Waals surface area contributed by atoms with Crippen molar-refractivity contribution < 1.29 is 14.7 Å². The monoisotopic (exact) mass is 296 g/mol. The minimum atomic E-state index is -0.736. The maximum absolute atomic E-state index is 12.3. The molecule has 0 bridgehead atoms. The lowest BCUT2D eigenvalue weighted by atomic mass is 9.71. The van der Waals surface area contributed by atoms with Gasteiger partial charge in [-0.25, -0.2) is 0 Å². The predicted octanol–water partition coefficient (Wildman–Crippen LogP) is 2.05. The highest BCUT2D eigenvalue weighted by Crippen LogP contribution is 2.38. The van der Waals surface area contributed by atoms with E-state index in [1.807, 2.05) is 0 Å². The van der Waals surface area contributed by atoms with Gasteiger partial charge in [0.15, 0.2) is 0 Å². The molecule has 4 N–H and O–H groups in total. The first-order valence-corrected chi connectivity index (χ1v) is 8.27. The quantitative estimate of drug-likeness (QED) is 0.724. The van der Waals surface area contributed by atoms with Crippen molar-refractivity contribution in [1.29, 1.82) is 0 Å². The van der Waals surface area contributed by atoms with E-state index in [2.05, 4.69) is 5.32 Å². The second kappa shape index (κ2) is 7.25. The molecule has 2 atom stereocenters. The molecule has 2 aliphatic carbocycles. The average Bonchev–Trinajstić information content (AvgIpc) is 2.48. The fraction of sp³-hybridized carbons (Fsp3) is 0.875. The first-order chi connectivity index (χ1) is 10.0. The third-order valence-corrected chi connectivity index (χ3v) is 5.27. The van der Waals surface area contributed by atoms with Crippen molar-refractivity contribution in [2.45, 2.75) is 70.3 Å². The Kier molecular flexibility index (Phi) is 5.62. The SMILES string of the molecule is NCC1(CC(=O)NC2CCCC(C(=O)O)C2)CCCCC1. The maximum Gasteiger partial charge on any atom is 0.306 e. The first kappa shape index (κ1) is 16.3. The van der Waals surface area contributed by atoms with E-state index in [0.29, 0.717) is 19.4 Å². The molecule has 0 spiro atoms. The van der Waals surface area contributed by atoms with E-state index in [1.54, 1.807) is 0 Å². The van der Waals surface area contributed by atoms with Gasteiger partial charge in [-0.1, -0.05) is 25.7 Å². The van der Waals surface area contributed by atoms with Crippen LogP contribution in [0.2, 0.25) is 0 Å². The van der Waals surface area contributed by atoms with Crippen LogP contribution in [-0.2, 0) is 9.59 Å². The Bertz CT molecular complexity index is 378. The predicted molar refractivity (Wildman–Crippen MR) is 80.7 cm³/mol. The summed E-state index contributed by atoms with van der Waals surface area (Å²) in [6.45, 7) is 0.572. The molecule has 0 heterocycles. The van der Waals surface area contributed by atoms with Crippen LogP contribution in [0.15, 0.2) is 0 Å². The van der Waals surface area contributed by atoms with Crippen LogP contribution >= 0.6 is 0 Å². The molecular weight excluding hydrogens is 268 g/mol. The van der Waals surface area contributed by atoms with Crippen molar-refractivity contribution in [2.24, 2.45) is 17.1 Å². The molecule has 2 fully saturated rings. The normalized spacial score (nSPS) is 28.8. The Hall–Kier alpha value is -1.10. The number of carboxylic acids is 1. The highest BCUT2D eigenvalue weighted by Gasteiger charge is 2.34. The van der Waals surface area contributed by atoms with Crippen molar-refractivity contribution in [3.05, 3.63) is 0 Å². The summed E-state index contributed by atoms with van der Waals surface area (Å²) in [7, 11) is 0. The molecule has 2 saturated carbocycles. The van der Waals surface area contributed by atoms with Gasteiger partial charge in [-0.3, -0.25) is 9.59 Å². The van der Waals surface area contributed by atoms with Gasteiger partial charge in [0.25, 0.3) is 0 Å². The number of hydrogen-bond donors (Lipinski definition) is 3. The maximum atomic E-state index is 12.3. The Morgan fingerprint density at radius 3 is 2.48 bits per heavy atom. The van der Waals surface area contributed by atoms with Crippen LogP contribution in [0.5, 0.6) is 0 Å². The molecular formula is C16H28N2O3. The van der Waals surface area contributed by atoms with Crippen LogP contribution in [-0.4, -0.2) is 29.6 Å². The number of amides is 1. The number of carboxylic acid groups (broad SMARTS) is 1. The van der Waals surface area contributed by atoms with Gasteiger partial charge < -0.3 is 16.2 Å². The Balaban J connectivity index is 1.84. The smallest absolute Gasteiger partial charge is 0.306 e. The number of carbonyl (C=O) groups excluding carboxylic acids is 1. The Morgan fingerprint density at radius 2 is 1.86 bits per heavy atom. The molecule has 0 aromatic rings. The molecule has 2 rings (SSSR count). The molecule has 0 aromatic heterocycles. The van der Waals surface area contributed by atoms with Crippen LogP contribution in [0, 0.1) is 11.3 Å². The zero-order valence-electron chi connectivity index (χ0n) is 12.8. The summed E-state index contributed by atoms with van der Waals surface area (Å²) in [5, 5.41) is 12.2. The summed E-state index contributed by atoms with van der Waals surface area (Å²) in [4.78, 5) is 23.4. The van der Waals surface area contributed by atoms with Gasteiger partial charge in [-0.2, -0.15) is 0 Å². The third kappa shape index (κ3) is 4.43. The molecule has 120 valence electrons. The molecule has 5 nitrogen and oxygen atoms in total. The molecule has 1 amide bonds. The summed E-state index contributed by atoms with van der Waals surface area (Å²) in [5.41, 5.74) is 5.90. The minimum Gasteiger partial charge on any atom is -0.481 e. The highest BCUT2D eigenvalue weighted by molar-refractivity contribution is 5.77. The molecule has 2 unspecified atom stereocenters. The lowest BCUT2D eigenvalue weighted by Gasteiger charge is -2.36. The molecule has 21 heavy (non-hydrogen) atoms. The summed E-state index contributed by atoms with van der Waals surface area (Å²) < 4.78 is 0. The van der Waals surface area contributed by atoms with Crippen LogP contribution in [0.3, 0.4) is 0 Å². The van der Waals surface area contributed by atoms with Gasteiger partial charge in [0.05, 0.1) is 5.92 Å². The van der Waals surface area contributed by atoms with Gasteiger partial charge in [0, 0.05) is 12.5 Å². The van der Waals surface area contributed by atoms with Crippen molar-refractivity contribution in [1.82, 2.24) is 5.32 Å². The number of aliphatic carboxylic acids is 1. The zero-order chi connectivity index (χ0) is 15.3. The van der Waals surface area contributed by atoms with Gasteiger partial charge in [-0.05, 0) is 44.1 Å². The summed E-state index contributed by atoms with van der Waals surface area (Å²) >= 11 is 0. The van der Waals surface area contributed by atoms with E-state index in [9.17, 15) is 9.59 Å². The number of carbonyl (C=O) groups is 2. The van der Waals surface area contributed by atoms with E-state index >= 15 is 0 Å². The Labute approximate surface area is 126 Å². The lowest BCUT2D eigenvalue weighted by molar-refractivity contribution is -0.143. The molecule has 0 aromatic carbocycles. The fourth-order valence-electron chi connectivity index (χ4n) is 3.92. The molecule has 0 saturated heterocycles. The van der Waals surface area contributed by atoms with E-state index in [4.69, 9.17) is 10.8 Å². The van der Waals surface area contributed by atoms with Crippen LogP contribution in [0.1, 0.15) is 64.2 Å². The summed E-state index contributed by atoms with van der Waals surface area (Å²) in [6, 6.07) is 0.0192. The van der Waals surface area contributed by atoms with E-state index in [-0.39, 0.29) is 23.3 Å². The summed E-state index contributed by atoms with van der Waals surface area (Å²) in [6.07, 6.45) is 9.22. The van der Waals surface area contributed by atoms with Crippen molar-refractivity contribution >= 4 is 11.9 Å². The van der Waals surface area contributed by atoms with Crippen LogP contribution in [0.4, 0.5) is 0 Å². The third-order valence-electron chi connectivity index (χ3n) is 5.27. The molecule has 0 radical (unpaired) electrons. The molecule has 5 heteroatoms. The molecule has 0 aliphatic heterocycles. The van der Waals surface area contributed by atoms with Crippen molar-refractivity contribution in [2.75, 3.05) is 6.54 Å². The average molecular weight is 296 g/mol. The number of nitrogens with one attached hydrogen (secondary N) is 1. The second-order valence-electron chi connectivity index (χ2n) is 6.91. The summed E-state index contributed by atoms with van der Waals surface area (Å²) in [5.74, 6) is -0.986. The highest BCUT2D eigenvalue weighted by atomic mass is 16.4. The van der Waals surface area contributed by atoms with Gasteiger partial charge in [0.1, 0.15) is 0 Å². The van der Waals surface area contributed by atoms with Crippen molar-refractivity contribution in [3.63, 3.8) is 0 Å². The lowest BCUT2D eigenvalue weighted by Crippen LogP contribution is -2.44. The van der Waals surface area contributed by atoms with Gasteiger partial charge >= 0.3 is 5.97 Å².